The smallest absolute Gasteiger partial charge is 0.325 e. The number of hydrogen-bond donors (Lipinski definition) is 0. The Balaban J connectivity index is 2.16. The SMILES string of the molecule is COC(=O)Cn1c(=NC(=O)c2ccccc2OC)sc2cc(F)ccc21. The number of thiazole rings is 1. The highest BCUT2D eigenvalue weighted by molar-refractivity contribution is 7.16. The van der Waals surface area contributed by atoms with Gasteiger partial charge in [0.25, 0.3) is 5.91 Å². The number of amides is 1. The first-order chi connectivity index (χ1) is 12.5. The van der Waals surface area contributed by atoms with Crippen LogP contribution in [-0.4, -0.2) is 30.7 Å². The Morgan fingerprint density at radius 3 is 2.69 bits per heavy atom. The zero-order valence-electron chi connectivity index (χ0n) is 14.1. The quantitative estimate of drug-likeness (QED) is 0.659. The molecule has 0 N–H and O–H groups in total. The molecule has 8 heteroatoms. The molecule has 0 spiro atoms. The molecule has 134 valence electrons. The van der Waals surface area contributed by atoms with E-state index in [9.17, 15) is 14.0 Å². The van der Waals surface area contributed by atoms with Crippen LogP contribution in [0.25, 0.3) is 10.2 Å². The van der Waals surface area contributed by atoms with Gasteiger partial charge in [-0.1, -0.05) is 23.5 Å². The summed E-state index contributed by atoms with van der Waals surface area (Å²) in [4.78, 5) is 28.7. The van der Waals surface area contributed by atoms with E-state index >= 15 is 0 Å². The van der Waals surface area contributed by atoms with E-state index in [-0.39, 0.29) is 11.3 Å². The lowest BCUT2D eigenvalue weighted by Gasteiger charge is -2.05. The Kier molecular flexibility index (Phi) is 5.13. The molecule has 26 heavy (non-hydrogen) atoms. The van der Waals surface area contributed by atoms with Crippen LogP contribution in [0.4, 0.5) is 4.39 Å². The van der Waals surface area contributed by atoms with E-state index in [1.807, 2.05) is 0 Å². The van der Waals surface area contributed by atoms with Gasteiger partial charge in [0, 0.05) is 0 Å². The number of benzene rings is 2. The summed E-state index contributed by atoms with van der Waals surface area (Å²) < 4.78 is 25.5. The lowest BCUT2D eigenvalue weighted by Crippen LogP contribution is -2.22. The maximum atomic E-state index is 13.5. The topological polar surface area (TPSA) is 69.9 Å². The zero-order valence-corrected chi connectivity index (χ0v) is 14.9. The normalized spacial score (nSPS) is 11.6. The van der Waals surface area contributed by atoms with Crippen molar-refractivity contribution < 1.29 is 23.5 Å². The Bertz CT molecular complexity index is 1050. The Labute approximate surface area is 152 Å². The summed E-state index contributed by atoms with van der Waals surface area (Å²) in [6, 6.07) is 10.9. The summed E-state index contributed by atoms with van der Waals surface area (Å²) in [6.45, 7) is -0.139. The number of halogens is 1. The van der Waals surface area contributed by atoms with Crippen LogP contribution in [0.2, 0.25) is 0 Å². The molecule has 0 aliphatic carbocycles. The second kappa shape index (κ2) is 7.49. The Morgan fingerprint density at radius 2 is 1.96 bits per heavy atom. The highest BCUT2D eigenvalue weighted by Gasteiger charge is 2.15. The molecule has 0 atom stereocenters. The molecule has 6 nitrogen and oxygen atoms in total. The summed E-state index contributed by atoms with van der Waals surface area (Å²) in [5.74, 6) is -1.03. The van der Waals surface area contributed by atoms with Crippen LogP contribution in [-0.2, 0) is 16.1 Å². The van der Waals surface area contributed by atoms with Crippen molar-refractivity contribution in [3.8, 4) is 5.75 Å². The van der Waals surface area contributed by atoms with Gasteiger partial charge >= 0.3 is 5.97 Å². The molecule has 3 aromatic rings. The number of aromatic nitrogens is 1. The highest BCUT2D eigenvalue weighted by Crippen LogP contribution is 2.20. The summed E-state index contributed by atoms with van der Waals surface area (Å²) in [7, 11) is 2.74. The number of methoxy groups -OCH3 is 2. The number of nitrogens with zero attached hydrogens (tertiary/aromatic N) is 2. The maximum Gasteiger partial charge on any atom is 0.325 e. The van der Waals surface area contributed by atoms with E-state index in [0.717, 1.165) is 11.3 Å². The molecule has 0 saturated carbocycles. The van der Waals surface area contributed by atoms with Gasteiger partial charge in [0.05, 0.1) is 30.0 Å². The standard InChI is InChI=1S/C18H15FN2O4S/c1-24-14-6-4-3-5-12(14)17(23)20-18-21(10-16(22)25-2)13-8-7-11(19)9-15(13)26-18/h3-9H,10H2,1-2H3. The minimum absolute atomic E-state index is 0.139. The first-order valence-corrected chi connectivity index (χ1v) is 8.43. The van der Waals surface area contributed by atoms with E-state index in [4.69, 9.17) is 9.47 Å². The molecule has 0 aliphatic heterocycles. The molecule has 0 fully saturated rings. The van der Waals surface area contributed by atoms with Crippen molar-refractivity contribution in [3.05, 3.63) is 58.6 Å². The average molecular weight is 374 g/mol. The molecule has 2 aromatic carbocycles. The van der Waals surface area contributed by atoms with Crippen LogP contribution in [0.3, 0.4) is 0 Å². The lowest BCUT2D eigenvalue weighted by atomic mass is 10.2. The Hall–Kier alpha value is -3.00. The van der Waals surface area contributed by atoms with Gasteiger partial charge in [-0.25, -0.2) is 4.39 Å². The molecule has 1 heterocycles. The molecule has 0 aliphatic rings. The number of ether oxygens (including phenoxy) is 2. The van der Waals surface area contributed by atoms with Crippen molar-refractivity contribution in [2.45, 2.75) is 6.54 Å². The Morgan fingerprint density at radius 1 is 1.19 bits per heavy atom. The molecule has 3 rings (SSSR count). The second-order valence-corrected chi connectivity index (χ2v) is 6.29. The number of esters is 1. The third-order valence-corrected chi connectivity index (χ3v) is 4.74. The van der Waals surface area contributed by atoms with Gasteiger partial charge in [0.15, 0.2) is 4.80 Å². The van der Waals surface area contributed by atoms with Crippen LogP contribution in [0.15, 0.2) is 47.5 Å². The summed E-state index contributed by atoms with van der Waals surface area (Å²) in [6.07, 6.45) is 0. The maximum absolute atomic E-state index is 13.5. The van der Waals surface area contributed by atoms with Gasteiger partial charge < -0.3 is 14.0 Å². The van der Waals surface area contributed by atoms with E-state index < -0.39 is 17.7 Å². The zero-order chi connectivity index (χ0) is 18.7. The molecule has 0 bridgehead atoms. The van der Waals surface area contributed by atoms with Crippen LogP contribution in [0.1, 0.15) is 10.4 Å². The number of rotatable bonds is 4. The minimum atomic E-state index is -0.520. The lowest BCUT2D eigenvalue weighted by molar-refractivity contribution is -0.141. The molecule has 0 saturated heterocycles. The number of carbonyl (C=O) groups is 2. The fourth-order valence-electron chi connectivity index (χ4n) is 2.45. The summed E-state index contributed by atoms with van der Waals surface area (Å²) >= 11 is 1.11. The van der Waals surface area contributed by atoms with Crippen molar-refractivity contribution >= 4 is 33.4 Å². The first-order valence-electron chi connectivity index (χ1n) is 7.61. The average Bonchev–Trinajstić information content (AvgIpc) is 2.97. The third kappa shape index (κ3) is 3.50. The molecule has 1 amide bonds. The molecule has 0 radical (unpaired) electrons. The van der Waals surface area contributed by atoms with Crippen LogP contribution in [0, 0.1) is 5.82 Å². The van der Waals surface area contributed by atoms with Crippen LogP contribution >= 0.6 is 11.3 Å². The molecule has 0 unspecified atom stereocenters. The van der Waals surface area contributed by atoms with E-state index in [0.29, 0.717) is 21.5 Å². The predicted octanol–water partition coefficient (Wildman–Crippen LogP) is 2.76. The minimum Gasteiger partial charge on any atom is -0.496 e. The first kappa shape index (κ1) is 17.8. The fourth-order valence-corrected chi connectivity index (χ4v) is 3.50. The van der Waals surface area contributed by atoms with E-state index in [2.05, 4.69) is 4.99 Å². The van der Waals surface area contributed by atoms with Crippen molar-refractivity contribution in [2.75, 3.05) is 14.2 Å². The van der Waals surface area contributed by atoms with Crippen LogP contribution < -0.4 is 9.54 Å². The monoisotopic (exact) mass is 374 g/mol. The number of carbonyl (C=O) groups excluding carboxylic acids is 2. The van der Waals surface area contributed by atoms with Crippen molar-refractivity contribution in [1.29, 1.82) is 0 Å². The third-order valence-electron chi connectivity index (χ3n) is 3.69. The second-order valence-electron chi connectivity index (χ2n) is 5.28. The van der Waals surface area contributed by atoms with Gasteiger partial charge in [0.1, 0.15) is 18.1 Å². The number of hydrogen-bond acceptors (Lipinski definition) is 5. The largest absolute Gasteiger partial charge is 0.496 e. The molecular formula is C18H15FN2O4S. The molecule has 1 aromatic heterocycles. The van der Waals surface area contributed by atoms with Gasteiger partial charge in [-0.15, -0.1) is 0 Å². The van der Waals surface area contributed by atoms with Gasteiger partial charge in [-0.05, 0) is 30.3 Å². The number of para-hydroxylation sites is 1. The molecular weight excluding hydrogens is 359 g/mol. The fraction of sp³-hybridized carbons (Fsp3) is 0.167. The van der Waals surface area contributed by atoms with Crippen molar-refractivity contribution in [3.63, 3.8) is 0 Å². The number of fused-ring (bicyclic) bond motifs is 1. The van der Waals surface area contributed by atoms with Gasteiger partial charge in [0.2, 0.25) is 0 Å². The van der Waals surface area contributed by atoms with E-state index in [1.165, 1.54) is 37.0 Å². The van der Waals surface area contributed by atoms with Gasteiger partial charge in [-0.3, -0.25) is 9.59 Å². The van der Waals surface area contributed by atoms with E-state index in [1.54, 1.807) is 24.3 Å². The highest BCUT2D eigenvalue weighted by atomic mass is 32.1. The van der Waals surface area contributed by atoms with Crippen molar-refractivity contribution in [1.82, 2.24) is 4.57 Å². The van der Waals surface area contributed by atoms with Gasteiger partial charge in [-0.2, -0.15) is 4.99 Å². The summed E-state index contributed by atoms with van der Waals surface area (Å²) in [5.41, 5.74) is 0.886. The predicted molar refractivity (Wildman–Crippen MR) is 94.7 cm³/mol. The summed E-state index contributed by atoms with van der Waals surface area (Å²) in [5, 5.41) is 0. The van der Waals surface area contributed by atoms with Crippen LogP contribution in [0.5, 0.6) is 5.75 Å². The van der Waals surface area contributed by atoms with Crippen molar-refractivity contribution in [2.24, 2.45) is 4.99 Å².